The van der Waals surface area contributed by atoms with Crippen LogP contribution in [0.5, 0.6) is 5.75 Å². The quantitative estimate of drug-likeness (QED) is 0.476. The smallest absolute Gasteiger partial charge is 0.228 e. The van der Waals surface area contributed by atoms with E-state index in [0.29, 0.717) is 35.8 Å². The number of hydrazine groups is 1. The Hall–Kier alpha value is -2.97. The normalized spacial score (nSPS) is 11.3. The monoisotopic (exact) mass is 390 g/mol. The van der Waals surface area contributed by atoms with Crippen LogP contribution >= 0.6 is 0 Å². The summed E-state index contributed by atoms with van der Waals surface area (Å²) in [6.45, 7) is 2.51. The number of hydrogen-bond acceptors (Lipinski definition) is 5. The highest BCUT2D eigenvalue weighted by Gasteiger charge is 2.14. The number of nitrogens with one attached hydrogen (secondary N) is 1. The van der Waals surface area contributed by atoms with Crippen molar-refractivity contribution >= 4 is 17.3 Å². The maximum atomic E-state index is 13.8. The van der Waals surface area contributed by atoms with Gasteiger partial charge in [0.15, 0.2) is 0 Å². The lowest BCUT2D eigenvalue weighted by Gasteiger charge is -2.20. The zero-order chi connectivity index (χ0) is 20.7. The van der Waals surface area contributed by atoms with E-state index < -0.39 is 17.5 Å². The second kappa shape index (κ2) is 9.82. The topological polar surface area (TPSA) is 93.6 Å². The molecule has 0 radical (unpaired) electrons. The molecule has 0 unspecified atom stereocenters. The van der Waals surface area contributed by atoms with Crippen LogP contribution in [0.3, 0.4) is 0 Å². The van der Waals surface area contributed by atoms with Gasteiger partial charge in [0.05, 0.1) is 12.1 Å². The van der Waals surface area contributed by atoms with Crippen molar-refractivity contribution in [3.05, 3.63) is 65.2 Å². The molecule has 0 fully saturated rings. The summed E-state index contributed by atoms with van der Waals surface area (Å²) in [6, 6.07) is 8.19. The molecule has 0 bridgehead atoms. The first kappa shape index (κ1) is 21.3. The fourth-order valence-electron chi connectivity index (χ4n) is 2.69. The van der Waals surface area contributed by atoms with Crippen molar-refractivity contribution in [2.45, 2.75) is 13.3 Å². The minimum atomic E-state index is -0.762. The zero-order valence-corrected chi connectivity index (χ0v) is 15.8. The van der Waals surface area contributed by atoms with Gasteiger partial charge in [0, 0.05) is 30.9 Å². The van der Waals surface area contributed by atoms with Crippen LogP contribution in [0.15, 0.2) is 42.5 Å². The molecule has 1 amide bonds. The van der Waals surface area contributed by atoms with Crippen LogP contribution in [-0.4, -0.2) is 31.1 Å². The second-order valence-corrected chi connectivity index (χ2v) is 6.09. The Morgan fingerprint density at radius 1 is 1.25 bits per heavy atom. The zero-order valence-electron chi connectivity index (χ0n) is 15.8. The molecule has 2 aromatic rings. The van der Waals surface area contributed by atoms with Gasteiger partial charge in [-0.3, -0.25) is 4.79 Å². The molecule has 6 nitrogen and oxygen atoms in total. The molecule has 0 aliphatic rings. The molecule has 0 atom stereocenters. The van der Waals surface area contributed by atoms with Crippen LogP contribution in [-0.2, 0) is 11.2 Å². The minimum absolute atomic E-state index is 0.109. The number of rotatable bonds is 8. The number of carbonyl (C=O) groups is 1. The summed E-state index contributed by atoms with van der Waals surface area (Å²) >= 11 is 0. The number of benzene rings is 2. The number of nitrogens with two attached hydrogens (primary N) is 2. The lowest BCUT2D eigenvalue weighted by molar-refractivity contribution is -0.115. The van der Waals surface area contributed by atoms with E-state index in [1.807, 2.05) is 13.0 Å². The van der Waals surface area contributed by atoms with Gasteiger partial charge in [0.25, 0.3) is 0 Å². The Morgan fingerprint density at radius 2 is 2.00 bits per heavy atom. The maximum Gasteiger partial charge on any atom is 0.228 e. The first-order valence-corrected chi connectivity index (χ1v) is 8.71. The fraction of sp³-hybridized carbons (Fsp3) is 0.250. The van der Waals surface area contributed by atoms with Crippen molar-refractivity contribution in [3.63, 3.8) is 0 Å². The highest BCUT2D eigenvalue weighted by molar-refractivity contribution is 5.93. The largest absolute Gasteiger partial charge is 0.492 e. The number of ether oxygens (including phenoxy) is 1. The van der Waals surface area contributed by atoms with Gasteiger partial charge < -0.3 is 20.8 Å². The van der Waals surface area contributed by atoms with E-state index in [0.717, 1.165) is 12.1 Å². The Balaban J connectivity index is 2.24. The van der Waals surface area contributed by atoms with Crippen LogP contribution in [0, 0.1) is 11.6 Å². The summed E-state index contributed by atoms with van der Waals surface area (Å²) in [5, 5.41) is 4.14. The average Bonchev–Trinajstić information content (AvgIpc) is 2.63. The third-order valence-corrected chi connectivity index (χ3v) is 3.93. The molecule has 0 spiro atoms. The lowest BCUT2D eigenvalue weighted by Crippen LogP contribution is -2.25. The first-order valence-electron chi connectivity index (χ1n) is 8.71. The third kappa shape index (κ3) is 5.51. The lowest BCUT2D eigenvalue weighted by atomic mass is 10.1. The van der Waals surface area contributed by atoms with Crippen molar-refractivity contribution in [3.8, 4) is 5.75 Å². The molecule has 0 heterocycles. The summed E-state index contributed by atoms with van der Waals surface area (Å²) in [5.74, 6) is 4.56. The van der Waals surface area contributed by atoms with Gasteiger partial charge in [0.1, 0.15) is 24.0 Å². The molecular formula is C20H24F2N4O2. The van der Waals surface area contributed by atoms with Crippen LogP contribution in [0.25, 0.3) is 5.70 Å². The van der Waals surface area contributed by atoms with Crippen LogP contribution in [0.1, 0.15) is 18.1 Å². The SMILES string of the molecule is C/C=C(/c1cc(NC(=O)Cc2ccc(F)cc2F)ccc1OCCN)N(C)N. The molecule has 0 saturated carbocycles. The summed E-state index contributed by atoms with van der Waals surface area (Å²) in [5.41, 5.74) is 7.46. The molecule has 150 valence electrons. The van der Waals surface area contributed by atoms with Gasteiger partial charge in [0.2, 0.25) is 5.91 Å². The summed E-state index contributed by atoms with van der Waals surface area (Å²) in [4.78, 5) is 12.3. The van der Waals surface area contributed by atoms with Crippen molar-refractivity contribution < 1.29 is 18.3 Å². The summed E-state index contributed by atoms with van der Waals surface area (Å²) < 4.78 is 32.4. The van der Waals surface area contributed by atoms with E-state index in [9.17, 15) is 13.6 Å². The predicted molar refractivity (Wildman–Crippen MR) is 105 cm³/mol. The Morgan fingerprint density at radius 3 is 2.61 bits per heavy atom. The Bertz CT molecular complexity index is 869. The molecule has 5 N–H and O–H groups in total. The standard InChI is InChI=1S/C20H24F2N4O2/c1-3-18(26(2)24)16-12-15(6-7-19(16)28-9-8-23)25-20(27)10-13-4-5-14(21)11-17(13)22/h3-7,11-12H,8-10,23-24H2,1-2H3,(H,25,27)/b18-3-. The predicted octanol–water partition coefficient (Wildman–Crippen LogP) is 2.65. The number of carbonyl (C=O) groups excluding carboxylic acids is 1. The van der Waals surface area contributed by atoms with Crippen LogP contribution in [0.2, 0.25) is 0 Å². The van der Waals surface area contributed by atoms with E-state index in [1.54, 1.807) is 25.2 Å². The third-order valence-electron chi connectivity index (χ3n) is 3.93. The summed E-state index contributed by atoms with van der Waals surface area (Å²) in [7, 11) is 1.69. The molecule has 0 saturated heterocycles. The number of allylic oxidation sites excluding steroid dienone is 1. The number of nitrogens with zero attached hydrogens (tertiary/aromatic N) is 1. The fourth-order valence-corrected chi connectivity index (χ4v) is 2.69. The first-order chi connectivity index (χ1) is 13.3. The molecule has 28 heavy (non-hydrogen) atoms. The van der Waals surface area contributed by atoms with E-state index >= 15 is 0 Å². The average molecular weight is 390 g/mol. The van der Waals surface area contributed by atoms with Crippen molar-refractivity contribution in [2.75, 3.05) is 25.5 Å². The number of amides is 1. The van der Waals surface area contributed by atoms with Crippen molar-refractivity contribution in [1.82, 2.24) is 5.01 Å². The number of halogens is 2. The minimum Gasteiger partial charge on any atom is -0.492 e. The molecule has 2 aromatic carbocycles. The maximum absolute atomic E-state index is 13.8. The van der Waals surface area contributed by atoms with Gasteiger partial charge in [-0.15, -0.1) is 0 Å². The highest BCUT2D eigenvalue weighted by atomic mass is 19.1. The second-order valence-electron chi connectivity index (χ2n) is 6.09. The molecule has 0 aliphatic heterocycles. The van der Waals surface area contributed by atoms with E-state index in [-0.39, 0.29) is 12.0 Å². The van der Waals surface area contributed by atoms with Gasteiger partial charge in [-0.05, 0) is 36.8 Å². The Kier molecular flexibility index (Phi) is 7.48. The van der Waals surface area contributed by atoms with Crippen LogP contribution < -0.4 is 21.6 Å². The van der Waals surface area contributed by atoms with Crippen molar-refractivity contribution in [2.24, 2.45) is 11.6 Å². The van der Waals surface area contributed by atoms with Gasteiger partial charge >= 0.3 is 0 Å². The summed E-state index contributed by atoms with van der Waals surface area (Å²) in [6.07, 6.45) is 1.59. The van der Waals surface area contributed by atoms with Crippen molar-refractivity contribution in [1.29, 1.82) is 0 Å². The van der Waals surface area contributed by atoms with E-state index in [4.69, 9.17) is 16.3 Å². The van der Waals surface area contributed by atoms with E-state index in [2.05, 4.69) is 5.32 Å². The highest BCUT2D eigenvalue weighted by Crippen LogP contribution is 2.30. The van der Waals surface area contributed by atoms with Gasteiger partial charge in [-0.2, -0.15) is 0 Å². The molecular weight excluding hydrogens is 366 g/mol. The molecule has 0 aromatic heterocycles. The Labute approximate surface area is 162 Å². The number of anilines is 1. The van der Waals surface area contributed by atoms with E-state index in [1.165, 1.54) is 11.1 Å². The van der Waals surface area contributed by atoms with Crippen LogP contribution in [0.4, 0.5) is 14.5 Å². The van der Waals surface area contributed by atoms with Gasteiger partial charge in [-0.25, -0.2) is 14.6 Å². The molecule has 2 rings (SSSR count). The number of hydrogen-bond donors (Lipinski definition) is 3. The molecule has 8 heteroatoms. The molecule has 0 aliphatic carbocycles. The van der Waals surface area contributed by atoms with Gasteiger partial charge in [-0.1, -0.05) is 12.1 Å².